The van der Waals surface area contributed by atoms with E-state index in [4.69, 9.17) is 21.1 Å². The summed E-state index contributed by atoms with van der Waals surface area (Å²) in [6.07, 6.45) is 4.08. The molecule has 0 bridgehead atoms. The molecule has 1 amide bonds. The average Bonchev–Trinajstić information content (AvgIpc) is 3.43. The van der Waals surface area contributed by atoms with Crippen molar-refractivity contribution in [3.63, 3.8) is 0 Å². The Bertz CT molecular complexity index is 1310. The SMILES string of the molecule is CC(C)c1ccnn1C1(C(=O)Nc2ccc(Cl)cc2OC(F)F)CCN(C[C@@H](C(=O)OC(C)(C)C)C2C[C@@H](C)O[C@@H](C)C2)CC1. The number of ether oxygens (including phenoxy) is 3. The van der Waals surface area contributed by atoms with Crippen LogP contribution in [-0.4, -0.2) is 70.6 Å². The van der Waals surface area contributed by atoms with Crippen LogP contribution in [0.4, 0.5) is 14.5 Å². The fourth-order valence-electron chi connectivity index (χ4n) is 6.64. The molecule has 12 heteroatoms. The number of amides is 1. The van der Waals surface area contributed by atoms with Crippen LogP contribution in [0, 0.1) is 11.8 Å². The monoisotopic (exact) mass is 652 g/mol. The number of aromatic nitrogens is 2. The Hall–Kier alpha value is -2.76. The van der Waals surface area contributed by atoms with E-state index in [1.54, 1.807) is 10.9 Å². The molecule has 2 saturated heterocycles. The molecule has 1 aromatic carbocycles. The van der Waals surface area contributed by atoms with Crippen LogP contribution >= 0.6 is 11.6 Å². The number of likely N-dealkylation sites (tertiary alicyclic amines) is 1. The molecule has 0 spiro atoms. The minimum Gasteiger partial charge on any atom is -0.460 e. The van der Waals surface area contributed by atoms with E-state index in [1.165, 1.54) is 18.2 Å². The molecule has 4 atom stereocenters. The zero-order valence-electron chi connectivity index (χ0n) is 27.3. The van der Waals surface area contributed by atoms with E-state index >= 15 is 0 Å². The number of alkyl halides is 2. The molecule has 250 valence electrons. The molecular formula is C33H47ClF2N4O5. The first-order chi connectivity index (χ1) is 21.1. The van der Waals surface area contributed by atoms with Crippen molar-refractivity contribution in [1.29, 1.82) is 0 Å². The molecule has 1 unspecified atom stereocenters. The van der Waals surface area contributed by atoms with Crippen LogP contribution in [-0.2, 0) is 24.6 Å². The molecule has 2 fully saturated rings. The van der Waals surface area contributed by atoms with Gasteiger partial charge >= 0.3 is 12.6 Å². The predicted molar refractivity (Wildman–Crippen MR) is 169 cm³/mol. The molecule has 45 heavy (non-hydrogen) atoms. The van der Waals surface area contributed by atoms with Gasteiger partial charge in [-0.05, 0) is 90.3 Å². The first-order valence-electron chi connectivity index (χ1n) is 15.8. The van der Waals surface area contributed by atoms with Gasteiger partial charge in [-0.25, -0.2) is 0 Å². The average molecular weight is 653 g/mol. The van der Waals surface area contributed by atoms with Crippen molar-refractivity contribution < 1.29 is 32.6 Å². The topological polar surface area (TPSA) is 94.9 Å². The van der Waals surface area contributed by atoms with E-state index in [0.29, 0.717) is 32.5 Å². The maximum absolute atomic E-state index is 14.2. The van der Waals surface area contributed by atoms with E-state index in [1.807, 2.05) is 54.5 Å². The number of nitrogens with one attached hydrogen (secondary N) is 1. The molecule has 3 heterocycles. The van der Waals surface area contributed by atoms with Crippen molar-refractivity contribution >= 4 is 29.2 Å². The summed E-state index contributed by atoms with van der Waals surface area (Å²) >= 11 is 6.04. The summed E-state index contributed by atoms with van der Waals surface area (Å²) in [5, 5.41) is 7.65. The highest BCUT2D eigenvalue weighted by Crippen LogP contribution is 2.38. The third kappa shape index (κ3) is 8.74. The van der Waals surface area contributed by atoms with Crippen LogP contribution in [0.1, 0.15) is 85.8 Å². The third-order valence-corrected chi connectivity index (χ3v) is 8.89. The highest BCUT2D eigenvalue weighted by molar-refractivity contribution is 6.30. The number of carbonyl (C=O) groups is 2. The van der Waals surface area contributed by atoms with E-state index in [0.717, 1.165) is 18.5 Å². The fourth-order valence-corrected chi connectivity index (χ4v) is 6.80. The van der Waals surface area contributed by atoms with Gasteiger partial charge in [0.25, 0.3) is 5.91 Å². The lowest BCUT2D eigenvalue weighted by atomic mass is 9.80. The van der Waals surface area contributed by atoms with Crippen molar-refractivity contribution in [2.24, 2.45) is 11.8 Å². The lowest BCUT2D eigenvalue weighted by Gasteiger charge is -2.44. The summed E-state index contributed by atoms with van der Waals surface area (Å²) in [4.78, 5) is 30.0. The van der Waals surface area contributed by atoms with Gasteiger partial charge < -0.3 is 24.4 Å². The molecule has 0 aliphatic carbocycles. The molecule has 2 aliphatic heterocycles. The van der Waals surface area contributed by atoms with E-state index in [2.05, 4.69) is 20.1 Å². The minimum absolute atomic E-state index is 0.0440. The largest absolute Gasteiger partial charge is 0.460 e. The van der Waals surface area contributed by atoms with Gasteiger partial charge in [0.15, 0.2) is 5.75 Å². The summed E-state index contributed by atoms with van der Waals surface area (Å²) in [7, 11) is 0. The van der Waals surface area contributed by atoms with Crippen LogP contribution in [0.2, 0.25) is 5.02 Å². The van der Waals surface area contributed by atoms with Gasteiger partial charge in [-0.1, -0.05) is 25.4 Å². The number of benzene rings is 1. The van der Waals surface area contributed by atoms with Gasteiger partial charge in [-0.2, -0.15) is 13.9 Å². The summed E-state index contributed by atoms with van der Waals surface area (Å²) in [5.74, 6) is -0.985. The molecule has 2 aromatic rings. The number of hydrogen-bond donors (Lipinski definition) is 1. The quantitative estimate of drug-likeness (QED) is 0.281. The molecule has 1 N–H and O–H groups in total. The number of nitrogens with zero attached hydrogens (tertiary/aromatic N) is 3. The Morgan fingerprint density at radius 1 is 1.13 bits per heavy atom. The number of carbonyl (C=O) groups excluding carboxylic acids is 2. The highest BCUT2D eigenvalue weighted by Gasteiger charge is 2.47. The van der Waals surface area contributed by atoms with Gasteiger partial charge in [0.05, 0.1) is 23.8 Å². The predicted octanol–water partition coefficient (Wildman–Crippen LogP) is 6.85. The van der Waals surface area contributed by atoms with Crippen LogP contribution < -0.4 is 10.1 Å². The number of esters is 1. The van der Waals surface area contributed by atoms with Crippen molar-refractivity contribution in [3.05, 3.63) is 41.2 Å². The maximum Gasteiger partial charge on any atom is 0.387 e. The lowest BCUT2D eigenvalue weighted by molar-refractivity contribution is -0.166. The Morgan fingerprint density at radius 2 is 1.78 bits per heavy atom. The maximum atomic E-state index is 14.2. The summed E-state index contributed by atoms with van der Waals surface area (Å²) in [5.41, 5.74) is -0.743. The molecule has 2 aliphatic rings. The number of hydrogen-bond acceptors (Lipinski definition) is 7. The molecule has 0 saturated carbocycles. The normalized spacial score (nSPS) is 23.2. The highest BCUT2D eigenvalue weighted by atomic mass is 35.5. The lowest BCUT2D eigenvalue weighted by Crippen LogP contribution is -2.55. The van der Waals surface area contributed by atoms with Gasteiger partial charge in [0, 0.05) is 42.6 Å². The van der Waals surface area contributed by atoms with E-state index < -0.39 is 17.8 Å². The zero-order valence-corrected chi connectivity index (χ0v) is 28.1. The standard InChI is InChI=1S/C33H47ClF2N4O5/c1-20(2)27-10-13-37-40(27)33(30(42)38-26-9-8-24(34)18-28(26)44-31(35)36)11-14-39(15-12-33)19-25(29(41)45-32(5,6)7)23-16-21(3)43-22(4)17-23/h8-10,13,18,20-23,25,31H,11-12,14-17,19H2,1-7H3,(H,38,42)/t21-,22+,23?,25-/m1/s1. The Kier molecular flexibility index (Phi) is 11.2. The molecular weight excluding hydrogens is 606 g/mol. The van der Waals surface area contributed by atoms with Crippen molar-refractivity contribution in [3.8, 4) is 5.75 Å². The van der Waals surface area contributed by atoms with Crippen LogP contribution in [0.5, 0.6) is 5.75 Å². The Balaban J connectivity index is 1.60. The van der Waals surface area contributed by atoms with Gasteiger partial charge in [-0.15, -0.1) is 0 Å². The molecule has 9 nitrogen and oxygen atoms in total. The van der Waals surface area contributed by atoms with Crippen LogP contribution in [0.15, 0.2) is 30.5 Å². The van der Waals surface area contributed by atoms with Crippen molar-refractivity contribution in [1.82, 2.24) is 14.7 Å². The number of rotatable bonds is 10. The Morgan fingerprint density at radius 3 is 2.36 bits per heavy atom. The minimum atomic E-state index is -3.09. The Labute approximate surface area is 269 Å². The van der Waals surface area contributed by atoms with Crippen LogP contribution in [0.25, 0.3) is 0 Å². The fraction of sp³-hybridized carbons (Fsp3) is 0.667. The van der Waals surface area contributed by atoms with Crippen molar-refractivity contribution in [2.45, 2.75) is 110 Å². The first kappa shape index (κ1) is 35.1. The van der Waals surface area contributed by atoms with Gasteiger partial charge in [0.2, 0.25) is 0 Å². The number of anilines is 1. The van der Waals surface area contributed by atoms with Crippen LogP contribution in [0.3, 0.4) is 0 Å². The molecule has 4 rings (SSSR count). The van der Waals surface area contributed by atoms with E-state index in [-0.39, 0.29) is 58.3 Å². The summed E-state index contributed by atoms with van der Waals surface area (Å²) in [6.45, 7) is 12.2. The number of piperidine rings is 1. The second-order valence-corrected chi connectivity index (χ2v) is 14.2. The third-order valence-electron chi connectivity index (χ3n) is 8.65. The molecule has 0 radical (unpaired) electrons. The summed E-state index contributed by atoms with van der Waals surface area (Å²) < 4.78 is 44.7. The van der Waals surface area contributed by atoms with Crippen molar-refractivity contribution in [2.75, 3.05) is 25.0 Å². The van der Waals surface area contributed by atoms with Gasteiger partial charge in [0.1, 0.15) is 11.1 Å². The smallest absolute Gasteiger partial charge is 0.387 e. The summed E-state index contributed by atoms with van der Waals surface area (Å²) in [6, 6.07) is 6.11. The van der Waals surface area contributed by atoms with Gasteiger partial charge in [-0.3, -0.25) is 14.3 Å². The zero-order chi connectivity index (χ0) is 33.1. The second kappa shape index (κ2) is 14.3. The number of halogens is 3. The molecule has 1 aromatic heterocycles. The first-order valence-corrected chi connectivity index (χ1v) is 16.2. The van der Waals surface area contributed by atoms with E-state index in [9.17, 15) is 18.4 Å². The second-order valence-electron chi connectivity index (χ2n) is 13.8.